The summed E-state index contributed by atoms with van der Waals surface area (Å²) in [6.45, 7) is 0. The van der Waals surface area contributed by atoms with E-state index >= 15 is 0 Å². The predicted molar refractivity (Wildman–Crippen MR) is 89.2 cm³/mol. The highest BCUT2D eigenvalue weighted by atomic mass is 32.2. The Morgan fingerprint density at radius 3 is 2.52 bits per heavy atom. The zero-order valence-electron chi connectivity index (χ0n) is 12.0. The molecule has 9 heteroatoms. The van der Waals surface area contributed by atoms with Gasteiger partial charge in [-0.1, -0.05) is 18.2 Å². The molecule has 0 unspecified atom stereocenters. The lowest BCUT2D eigenvalue weighted by Crippen LogP contribution is -2.18. The van der Waals surface area contributed by atoms with Crippen LogP contribution in [0.15, 0.2) is 63.4 Å². The number of sulfonamides is 1. The Morgan fingerprint density at radius 2 is 1.91 bits per heavy atom. The number of nitro benzene ring substituents is 1. The van der Waals surface area contributed by atoms with Crippen LogP contribution in [-0.4, -0.2) is 25.8 Å². The standard InChI is InChI=1S/C14H13N3O4S2/c1-22-13-7-5-11(6-8-13)10-15-16-23(20,21)14-4-2-3-12(9-14)17(18)19/h2-10,16H,1H3/b15-10-. The van der Waals surface area contributed by atoms with Gasteiger partial charge in [0, 0.05) is 17.0 Å². The number of hydrogen-bond acceptors (Lipinski definition) is 6. The van der Waals surface area contributed by atoms with Crippen molar-refractivity contribution in [1.29, 1.82) is 0 Å². The first-order chi connectivity index (χ1) is 10.9. The van der Waals surface area contributed by atoms with E-state index in [0.29, 0.717) is 0 Å². The number of hydrazone groups is 1. The van der Waals surface area contributed by atoms with E-state index in [1.54, 1.807) is 23.9 Å². The highest BCUT2D eigenvalue weighted by Gasteiger charge is 2.16. The van der Waals surface area contributed by atoms with E-state index < -0.39 is 14.9 Å². The number of nitrogens with zero attached hydrogens (tertiary/aromatic N) is 2. The first kappa shape index (κ1) is 17.0. The van der Waals surface area contributed by atoms with Gasteiger partial charge in [-0.3, -0.25) is 10.1 Å². The maximum atomic E-state index is 12.0. The molecular formula is C14H13N3O4S2. The van der Waals surface area contributed by atoms with Crippen molar-refractivity contribution < 1.29 is 13.3 Å². The smallest absolute Gasteiger partial charge is 0.258 e. The summed E-state index contributed by atoms with van der Waals surface area (Å²) in [5.74, 6) is 0. The van der Waals surface area contributed by atoms with E-state index in [1.807, 2.05) is 23.2 Å². The van der Waals surface area contributed by atoms with E-state index in [-0.39, 0.29) is 10.6 Å². The molecule has 0 aromatic heterocycles. The lowest BCUT2D eigenvalue weighted by molar-refractivity contribution is -0.385. The monoisotopic (exact) mass is 351 g/mol. The van der Waals surface area contributed by atoms with E-state index in [1.165, 1.54) is 24.4 Å². The van der Waals surface area contributed by atoms with Crippen molar-refractivity contribution in [2.75, 3.05) is 6.26 Å². The van der Waals surface area contributed by atoms with Crippen molar-refractivity contribution >= 4 is 33.7 Å². The zero-order chi connectivity index (χ0) is 16.9. The van der Waals surface area contributed by atoms with Gasteiger partial charge in [-0.05, 0) is 30.0 Å². The van der Waals surface area contributed by atoms with Gasteiger partial charge in [-0.25, -0.2) is 4.83 Å². The summed E-state index contributed by atoms with van der Waals surface area (Å²) in [5, 5.41) is 14.4. The molecule has 2 aromatic rings. The van der Waals surface area contributed by atoms with Crippen molar-refractivity contribution in [2.45, 2.75) is 9.79 Å². The Kier molecular flexibility index (Phi) is 5.35. The molecule has 0 saturated carbocycles. The number of rotatable bonds is 6. The number of hydrogen-bond donors (Lipinski definition) is 1. The van der Waals surface area contributed by atoms with Crippen LogP contribution in [0.1, 0.15) is 5.56 Å². The van der Waals surface area contributed by atoms with Gasteiger partial charge in [0.15, 0.2) is 0 Å². The fourth-order valence-corrected chi connectivity index (χ4v) is 2.92. The third kappa shape index (κ3) is 4.54. The molecule has 0 radical (unpaired) electrons. The Hall–Kier alpha value is -2.39. The van der Waals surface area contributed by atoms with Gasteiger partial charge in [-0.2, -0.15) is 13.5 Å². The molecule has 1 N–H and O–H groups in total. The quantitative estimate of drug-likeness (QED) is 0.373. The van der Waals surface area contributed by atoms with Crippen LogP contribution >= 0.6 is 11.8 Å². The third-order valence-corrected chi connectivity index (χ3v) is 4.80. The molecular weight excluding hydrogens is 338 g/mol. The molecule has 0 aliphatic heterocycles. The van der Waals surface area contributed by atoms with Gasteiger partial charge in [0.25, 0.3) is 15.7 Å². The Morgan fingerprint density at radius 1 is 1.22 bits per heavy atom. The zero-order valence-corrected chi connectivity index (χ0v) is 13.7. The average Bonchev–Trinajstić information content (AvgIpc) is 2.55. The predicted octanol–water partition coefficient (Wildman–Crippen LogP) is 2.63. The lowest BCUT2D eigenvalue weighted by atomic mass is 10.2. The minimum absolute atomic E-state index is 0.221. The highest BCUT2D eigenvalue weighted by Crippen LogP contribution is 2.17. The normalized spacial score (nSPS) is 11.5. The van der Waals surface area contributed by atoms with Crippen LogP contribution in [0.4, 0.5) is 5.69 Å². The number of thioether (sulfide) groups is 1. The summed E-state index contributed by atoms with van der Waals surface area (Å²) in [4.78, 5) is 12.9. The summed E-state index contributed by atoms with van der Waals surface area (Å²) in [7, 11) is -3.96. The second kappa shape index (κ2) is 7.25. The van der Waals surface area contributed by atoms with Gasteiger partial charge in [0.1, 0.15) is 0 Å². The van der Waals surface area contributed by atoms with Gasteiger partial charge >= 0.3 is 0 Å². The van der Waals surface area contributed by atoms with Gasteiger partial charge in [0.2, 0.25) is 0 Å². The fourth-order valence-electron chi connectivity index (χ4n) is 1.68. The van der Waals surface area contributed by atoms with Gasteiger partial charge in [0.05, 0.1) is 16.0 Å². The van der Waals surface area contributed by atoms with E-state index in [4.69, 9.17) is 0 Å². The molecule has 0 atom stereocenters. The Balaban J connectivity index is 2.13. The topological polar surface area (TPSA) is 102 Å². The van der Waals surface area contributed by atoms with E-state index in [9.17, 15) is 18.5 Å². The molecule has 120 valence electrons. The van der Waals surface area contributed by atoms with Crippen LogP contribution in [0.2, 0.25) is 0 Å². The summed E-state index contributed by atoms with van der Waals surface area (Å²) < 4.78 is 24.1. The van der Waals surface area contributed by atoms with Crippen LogP contribution in [-0.2, 0) is 10.0 Å². The van der Waals surface area contributed by atoms with Crippen LogP contribution in [0.3, 0.4) is 0 Å². The molecule has 0 heterocycles. The first-order valence-electron chi connectivity index (χ1n) is 6.36. The van der Waals surface area contributed by atoms with Gasteiger partial charge in [-0.15, -0.1) is 11.8 Å². The molecule has 0 spiro atoms. The van der Waals surface area contributed by atoms with Crippen LogP contribution in [0.25, 0.3) is 0 Å². The van der Waals surface area contributed by atoms with Crippen molar-refractivity contribution in [3.8, 4) is 0 Å². The number of benzene rings is 2. The molecule has 2 rings (SSSR count). The van der Waals surface area contributed by atoms with Crippen LogP contribution in [0, 0.1) is 10.1 Å². The summed E-state index contributed by atoms with van der Waals surface area (Å²) in [6, 6.07) is 12.1. The number of nitro groups is 1. The lowest BCUT2D eigenvalue weighted by Gasteiger charge is -2.03. The fraction of sp³-hybridized carbons (Fsp3) is 0.0714. The Bertz CT molecular complexity index is 833. The summed E-state index contributed by atoms with van der Waals surface area (Å²) in [6.07, 6.45) is 3.31. The highest BCUT2D eigenvalue weighted by molar-refractivity contribution is 7.98. The largest absolute Gasteiger partial charge is 0.276 e. The van der Waals surface area contributed by atoms with Crippen molar-refractivity contribution in [2.24, 2.45) is 5.10 Å². The molecule has 0 saturated heterocycles. The average molecular weight is 351 g/mol. The number of nitrogens with one attached hydrogen (secondary N) is 1. The number of non-ortho nitro benzene ring substituents is 1. The summed E-state index contributed by atoms with van der Waals surface area (Å²) >= 11 is 1.60. The molecule has 23 heavy (non-hydrogen) atoms. The van der Waals surface area contributed by atoms with E-state index in [2.05, 4.69) is 5.10 Å². The molecule has 0 aliphatic rings. The maximum absolute atomic E-state index is 12.0. The van der Waals surface area contributed by atoms with Crippen molar-refractivity contribution in [3.05, 3.63) is 64.2 Å². The maximum Gasteiger partial charge on any atom is 0.276 e. The molecule has 0 aliphatic carbocycles. The minimum Gasteiger partial charge on any atom is -0.258 e. The van der Waals surface area contributed by atoms with Crippen molar-refractivity contribution in [1.82, 2.24) is 4.83 Å². The molecule has 0 amide bonds. The van der Waals surface area contributed by atoms with Crippen LogP contribution < -0.4 is 4.83 Å². The second-order valence-corrected chi connectivity index (χ2v) is 6.92. The minimum atomic E-state index is -3.96. The summed E-state index contributed by atoms with van der Waals surface area (Å²) in [5.41, 5.74) is 0.425. The van der Waals surface area contributed by atoms with Crippen molar-refractivity contribution in [3.63, 3.8) is 0 Å². The second-order valence-electron chi connectivity index (χ2n) is 4.38. The molecule has 2 aromatic carbocycles. The van der Waals surface area contributed by atoms with E-state index in [0.717, 1.165) is 16.5 Å². The SMILES string of the molecule is CSc1ccc(/C=N\NS(=O)(=O)c2cccc([N+](=O)[O-])c2)cc1. The molecule has 0 fully saturated rings. The molecule has 7 nitrogen and oxygen atoms in total. The van der Waals surface area contributed by atoms with Gasteiger partial charge < -0.3 is 0 Å². The molecule has 0 bridgehead atoms. The first-order valence-corrected chi connectivity index (χ1v) is 9.06. The van der Waals surface area contributed by atoms with Crippen LogP contribution in [0.5, 0.6) is 0 Å². The Labute approximate surface area is 137 Å². The third-order valence-electron chi connectivity index (χ3n) is 2.84.